The quantitative estimate of drug-likeness (QED) is 0.217. The maximum absolute atomic E-state index is 8.03. The van der Waals surface area contributed by atoms with Crippen LogP contribution in [0, 0.1) is 6.42 Å². The van der Waals surface area contributed by atoms with Crippen molar-refractivity contribution < 1.29 is 37.6 Å². The van der Waals surface area contributed by atoms with Crippen molar-refractivity contribution in [1.82, 2.24) is 9.55 Å². The summed E-state index contributed by atoms with van der Waals surface area (Å²) in [4.78, 5) is 3.78. The van der Waals surface area contributed by atoms with Gasteiger partial charge in [-0.25, -0.2) is 0 Å². The Labute approximate surface area is 198 Å². The molecule has 0 aromatic carbocycles. The maximum Gasteiger partial charge on any atom is 0.101 e. The SMILES string of the molecule is CC(=N\O)/C(C)=N/O.CC(=N\O)/C(C)=N/O.[Co].c1cc2n(c1)CC[CH-]C2.c1ccncc1. The molecule has 0 atom stereocenters. The zero-order chi connectivity index (χ0) is 23.5. The zero-order valence-electron chi connectivity index (χ0n) is 18.6. The molecule has 11 heteroatoms. The molecule has 10 nitrogen and oxygen atoms in total. The predicted octanol–water partition coefficient (Wildman–Crippen LogP) is 4.09. The van der Waals surface area contributed by atoms with Crippen LogP contribution in [0.1, 0.15) is 39.8 Å². The number of hydrogen-bond acceptors (Lipinski definition) is 9. The van der Waals surface area contributed by atoms with Gasteiger partial charge in [0.25, 0.3) is 0 Å². The van der Waals surface area contributed by atoms with Crippen LogP contribution in [0.2, 0.25) is 0 Å². The first-order valence-corrected chi connectivity index (χ1v) is 9.47. The molecule has 1 aliphatic heterocycles. The summed E-state index contributed by atoms with van der Waals surface area (Å²) < 4.78 is 2.32. The molecule has 32 heavy (non-hydrogen) atoms. The third kappa shape index (κ3) is 13.9. The molecule has 0 amide bonds. The van der Waals surface area contributed by atoms with E-state index in [1.54, 1.807) is 12.4 Å². The van der Waals surface area contributed by atoms with Crippen LogP contribution in [-0.2, 0) is 29.7 Å². The monoisotopic (exact) mass is 490 g/mol. The fourth-order valence-electron chi connectivity index (χ4n) is 1.94. The number of oxime groups is 4. The number of pyridine rings is 1. The minimum atomic E-state index is 0. The van der Waals surface area contributed by atoms with Crippen LogP contribution < -0.4 is 0 Å². The van der Waals surface area contributed by atoms with Gasteiger partial charge >= 0.3 is 0 Å². The normalized spacial score (nSPS) is 13.5. The van der Waals surface area contributed by atoms with Crippen LogP contribution in [-0.4, -0.2) is 53.2 Å². The molecule has 0 spiro atoms. The largest absolute Gasteiger partial charge is 0.411 e. The average Bonchev–Trinajstić information content (AvgIpc) is 3.33. The summed E-state index contributed by atoms with van der Waals surface area (Å²) in [6.45, 7) is 7.33. The molecule has 0 fully saturated rings. The van der Waals surface area contributed by atoms with Crippen molar-refractivity contribution in [3.63, 3.8) is 0 Å². The molecule has 2 aromatic rings. The third-order valence-electron chi connectivity index (χ3n) is 4.06. The number of rotatable bonds is 2. The number of nitrogens with zero attached hydrogens (tertiary/aromatic N) is 6. The van der Waals surface area contributed by atoms with Crippen LogP contribution >= 0.6 is 0 Å². The van der Waals surface area contributed by atoms with Gasteiger partial charge in [-0.2, -0.15) is 6.42 Å². The van der Waals surface area contributed by atoms with Crippen LogP contribution in [0.5, 0.6) is 0 Å². The van der Waals surface area contributed by atoms with E-state index in [1.807, 2.05) is 18.2 Å². The molecule has 0 saturated heterocycles. The van der Waals surface area contributed by atoms with Crippen LogP contribution in [0.3, 0.4) is 0 Å². The standard InChI is InChI=1S/C8H10N.C5H5N.2C4H8N2O2.Co/c1-2-6-9-7-3-5-8(9)4-1;1-2-4-6-5-3-1;2*1-3(5-7)4(2)6-8;/h1,3,5,7H,2,4,6H2;1-5H;2*7-8H,1-2H3;/q-1;;;;/b;;2*5-3+,6-4+;. The Morgan fingerprint density at radius 3 is 1.59 bits per heavy atom. The van der Waals surface area contributed by atoms with E-state index in [2.05, 4.69) is 54.9 Å². The molecule has 0 bridgehead atoms. The molecule has 2 aromatic heterocycles. The summed E-state index contributed by atoms with van der Waals surface area (Å²) in [5.74, 6) is 0. The van der Waals surface area contributed by atoms with Crippen LogP contribution in [0.25, 0.3) is 0 Å². The third-order valence-corrected chi connectivity index (χ3v) is 4.06. The van der Waals surface area contributed by atoms with E-state index in [1.165, 1.54) is 46.4 Å². The Bertz CT molecular complexity index is 740. The molecule has 3 heterocycles. The van der Waals surface area contributed by atoms with Gasteiger partial charge in [-0.1, -0.05) is 26.7 Å². The number of fused-ring (bicyclic) bond motifs is 1. The Morgan fingerprint density at radius 2 is 1.28 bits per heavy atom. The second-order valence-corrected chi connectivity index (χ2v) is 6.24. The van der Waals surface area contributed by atoms with E-state index in [0.717, 1.165) is 6.42 Å². The summed E-state index contributed by atoms with van der Waals surface area (Å²) in [5.41, 5.74) is 2.71. The zero-order valence-corrected chi connectivity index (χ0v) is 19.7. The fraction of sp³-hybridized carbons (Fsp3) is 0.333. The van der Waals surface area contributed by atoms with E-state index in [0.29, 0.717) is 22.8 Å². The Morgan fingerprint density at radius 1 is 0.812 bits per heavy atom. The molecule has 1 aliphatic rings. The first-order chi connectivity index (χ1) is 14.9. The molecule has 0 aliphatic carbocycles. The van der Waals surface area contributed by atoms with Gasteiger partial charge in [0.2, 0.25) is 0 Å². The van der Waals surface area contributed by atoms with Crippen molar-refractivity contribution in [2.24, 2.45) is 20.6 Å². The molecule has 0 unspecified atom stereocenters. The summed E-state index contributed by atoms with van der Waals surface area (Å²) in [6.07, 6.45) is 10.4. The van der Waals surface area contributed by atoms with Gasteiger partial charge in [0.05, 0.1) is 0 Å². The Balaban J connectivity index is 0. The Kier molecular flexibility index (Phi) is 19.1. The first-order valence-electron chi connectivity index (χ1n) is 9.47. The summed E-state index contributed by atoms with van der Waals surface area (Å²) in [5, 5.41) is 43.3. The Hall–Kier alpha value is -3.18. The van der Waals surface area contributed by atoms with Gasteiger partial charge in [0.15, 0.2) is 0 Å². The molecule has 4 N–H and O–H groups in total. The maximum atomic E-state index is 8.03. The fourth-order valence-corrected chi connectivity index (χ4v) is 1.94. The molecule has 179 valence electrons. The molecule has 0 saturated carbocycles. The summed E-state index contributed by atoms with van der Waals surface area (Å²) in [6, 6.07) is 10.0. The molecular formula is C21H31CoN6O4-. The van der Waals surface area contributed by atoms with Gasteiger partial charge in [-0.05, 0) is 64.2 Å². The topological polar surface area (TPSA) is 148 Å². The number of hydrogen-bond donors (Lipinski definition) is 4. The van der Waals surface area contributed by atoms with Crippen molar-refractivity contribution in [3.8, 4) is 0 Å². The van der Waals surface area contributed by atoms with Crippen molar-refractivity contribution in [2.75, 3.05) is 0 Å². The molecule has 1 radical (unpaired) electrons. The van der Waals surface area contributed by atoms with E-state index in [-0.39, 0.29) is 16.8 Å². The molecule has 3 rings (SSSR count). The minimum Gasteiger partial charge on any atom is -0.411 e. The second-order valence-electron chi connectivity index (χ2n) is 6.24. The number of aryl methyl sites for hydroxylation is 1. The van der Waals surface area contributed by atoms with Crippen LogP contribution in [0.15, 0.2) is 69.5 Å². The van der Waals surface area contributed by atoms with Crippen molar-refractivity contribution >= 4 is 22.8 Å². The smallest absolute Gasteiger partial charge is 0.101 e. The van der Waals surface area contributed by atoms with Crippen LogP contribution in [0.4, 0.5) is 0 Å². The van der Waals surface area contributed by atoms with E-state index >= 15 is 0 Å². The van der Waals surface area contributed by atoms with E-state index < -0.39 is 0 Å². The van der Waals surface area contributed by atoms with Crippen molar-refractivity contribution in [1.29, 1.82) is 0 Å². The van der Waals surface area contributed by atoms with Gasteiger partial charge in [0.1, 0.15) is 22.8 Å². The predicted molar refractivity (Wildman–Crippen MR) is 121 cm³/mol. The second kappa shape index (κ2) is 19.8. The van der Waals surface area contributed by atoms with Crippen molar-refractivity contribution in [3.05, 3.63) is 61.0 Å². The van der Waals surface area contributed by atoms with Gasteiger partial charge < -0.3 is 31.8 Å². The van der Waals surface area contributed by atoms with Crippen molar-refractivity contribution in [2.45, 2.75) is 47.1 Å². The summed E-state index contributed by atoms with van der Waals surface area (Å²) in [7, 11) is 0. The number of aromatic nitrogens is 2. The van der Waals surface area contributed by atoms with E-state index in [4.69, 9.17) is 20.8 Å². The van der Waals surface area contributed by atoms with E-state index in [9.17, 15) is 0 Å². The van der Waals surface area contributed by atoms with Gasteiger partial charge in [-0.15, -0.1) is 6.42 Å². The summed E-state index contributed by atoms with van der Waals surface area (Å²) >= 11 is 0. The average molecular weight is 490 g/mol. The minimum absolute atomic E-state index is 0. The van der Waals surface area contributed by atoms with Gasteiger partial charge in [0, 0.05) is 35.4 Å². The molecular weight excluding hydrogens is 459 g/mol. The first kappa shape index (κ1) is 31.0. The van der Waals surface area contributed by atoms with Gasteiger partial charge in [-0.3, -0.25) is 4.98 Å².